The van der Waals surface area contributed by atoms with E-state index < -0.39 is 5.95 Å². The molecule has 4 rings (SSSR count). The van der Waals surface area contributed by atoms with Gasteiger partial charge in [0, 0.05) is 36.7 Å². The maximum Gasteiger partial charge on any atom is 0.224 e. The van der Waals surface area contributed by atoms with Crippen LogP contribution in [0.1, 0.15) is 12.8 Å². The van der Waals surface area contributed by atoms with Crippen molar-refractivity contribution in [2.45, 2.75) is 12.8 Å². The Morgan fingerprint density at radius 2 is 1.85 bits per heavy atom. The molecule has 0 amide bonds. The molecule has 1 saturated heterocycles. The Labute approximate surface area is 155 Å². The van der Waals surface area contributed by atoms with Crippen LogP contribution in [0.4, 0.5) is 10.2 Å². The number of carbonyl (C=O) groups is 1. The summed E-state index contributed by atoms with van der Waals surface area (Å²) in [6.45, 7) is 1.55. The van der Waals surface area contributed by atoms with Crippen molar-refractivity contribution in [1.29, 1.82) is 0 Å². The van der Waals surface area contributed by atoms with E-state index in [-0.39, 0.29) is 11.2 Å². The van der Waals surface area contributed by atoms with Crippen LogP contribution < -0.4 is 4.90 Å². The van der Waals surface area contributed by atoms with Gasteiger partial charge in [-0.05, 0) is 65.9 Å². The molecule has 132 valence electrons. The molecule has 0 saturated carbocycles. The number of piperidine rings is 1. The largest absolute Gasteiger partial charge is 0.357 e. The van der Waals surface area contributed by atoms with Crippen LogP contribution in [0.25, 0.3) is 22.0 Å². The molecule has 0 spiro atoms. The number of aromatic nitrogens is 2. The van der Waals surface area contributed by atoms with Gasteiger partial charge in [0.1, 0.15) is 5.82 Å². The molecule has 6 heteroatoms. The second-order valence-electron chi connectivity index (χ2n) is 6.51. The highest BCUT2D eigenvalue weighted by Gasteiger charge is 2.24. The Hall–Kier alpha value is -2.53. The Morgan fingerprint density at radius 1 is 1.08 bits per heavy atom. The molecule has 1 aliphatic heterocycles. The molecule has 3 aromatic rings. The standard InChI is InChI=1S/C20H17ClFN3O/c21-20(26)13-6-9-25(10-7-13)19-4-2-16-11-14(1-3-17(16)24-19)15-5-8-23-18(22)12-15/h1-5,8,11-13H,6-7,9-10H2. The van der Waals surface area contributed by atoms with E-state index in [0.29, 0.717) is 0 Å². The van der Waals surface area contributed by atoms with Crippen LogP contribution in [-0.4, -0.2) is 28.3 Å². The van der Waals surface area contributed by atoms with Crippen LogP contribution >= 0.6 is 11.6 Å². The summed E-state index contributed by atoms with van der Waals surface area (Å²) < 4.78 is 13.3. The lowest BCUT2D eigenvalue weighted by Gasteiger charge is -2.31. The average Bonchev–Trinajstić information content (AvgIpc) is 2.67. The minimum atomic E-state index is -0.491. The lowest BCUT2D eigenvalue weighted by Crippen LogP contribution is -2.35. The summed E-state index contributed by atoms with van der Waals surface area (Å²) in [6, 6.07) is 13.1. The van der Waals surface area contributed by atoms with Crippen molar-refractivity contribution in [1.82, 2.24) is 9.97 Å². The van der Waals surface area contributed by atoms with E-state index in [1.54, 1.807) is 6.07 Å². The number of nitrogens with zero attached hydrogens (tertiary/aromatic N) is 3. The van der Waals surface area contributed by atoms with Gasteiger partial charge in [0.2, 0.25) is 11.2 Å². The molecule has 1 aromatic carbocycles. The molecular weight excluding hydrogens is 353 g/mol. The number of fused-ring (bicyclic) bond motifs is 1. The molecule has 1 fully saturated rings. The smallest absolute Gasteiger partial charge is 0.224 e. The molecule has 0 aliphatic carbocycles. The second-order valence-corrected chi connectivity index (χ2v) is 6.88. The molecule has 0 radical (unpaired) electrons. The van der Waals surface area contributed by atoms with Crippen molar-refractivity contribution < 1.29 is 9.18 Å². The Bertz CT molecular complexity index is 970. The molecule has 4 nitrogen and oxygen atoms in total. The Kier molecular flexibility index (Phi) is 4.55. The fourth-order valence-electron chi connectivity index (χ4n) is 3.39. The van der Waals surface area contributed by atoms with Crippen molar-refractivity contribution in [2.24, 2.45) is 5.92 Å². The number of benzene rings is 1. The van der Waals surface area contributed by atoms with Crippen LogP contribution in [0.3, 0.4) is 0 Å². The van der Waals surface area contributed by atoms with Crippen molar-refractivity contribution in [3.05, 3.63) is 54.6 Å². The summed E-state index contributed by atoms with van der Waals surface area (Å²) in [4.78, 5) is 21.8. The molecule has 26 heavy (non-hydrogen) atoms. The zero-order valence-corrected chi connectivity index (χ0v) is 14.8. The number of halogens is 2. The number of anilines is 1. The van der Waals surface area contributed by atoms with Gasteiger partial charge in [-0.15, -0.1) is 0 Å². The summed E-state index contributed by atoms with van der Waals surface area (Å²) in [6.07, 6.45) is 2.98. The minimum Gasteiger partial charge on any atom is -0.357 e. The summed E-state index contributed by atoms with van der Waals surface area (Å²) in [5.74, 6) is 0.368. The van der Waals surface area contributed by atoms with Crippen molar-refractivity contribution in [3.8, 4) is 11.1 Å². The zero-order chi connectivity index (χ0) is 18.1. The first-order valence-electron chi connectivity index (χ1n) is 8.57. The first-order chi connectivity index (χ1) is 12.6. The van der Waals surface area contributed by atoms with Crippen LogP contribution in [0, 0.1) is 11.9 Å². The van der Waals surface area contributed by atoms with Gasteiger partial charge in [0.05, 0.1) is 5.52 Å². The highest BCUT2D eigenvalue weighted by atomic mass is 35.5. The fourth-order valence-corrected chi connectivity index (χ4v) is 3.61. The zero-order valence-electron chi connectivity index (χ0n) is 14.0. The van der Waals surface area contributed by atoms with Crippen LogP contribution in [0.15, 0.2) is 48.7 Å². The first kappa shape index (κ1) is 16.9. The fraction of sp³-hybridized carbons (Fsp3) is 0.250. The highest BCUT2D eigenvalue weighted by molar-refractivity contribution is 6.64. The summed E-state index contributed by atoms with van der Waals surface area (Å²) in [5, 5.41) is 0.755. The van der Waals surface area contributed by atoms with Gasteiger partial charge in [-0.25, -0.2) is 9.97 Å². The second kappa shape index (κ2) is 7.00. The summed E-state index contributed by atoms with van der Waals surface area (Å²) in [5.41, 5.74) is 2.60. The number of hydrogen-bond donors (Lipinski definition) is 0. The van der Waals surface area contributed by atoms with Gasteiger partial charge >= 0.3 is 0 Å². The Morgan fingerprint density at radius 3 is 2.58 bits per heavy atom. The lowest BCUT2D eigenvalue weighted by molar-refractivity contribution is -0.115. The Balaban J connectivity index is 1.59. The third-order valence-electron chi connectivity index (χ3n) is 4.87. The van der Waals surface area contributed by atoms with E-state index in [2.05, 4.69) is 9.88 Å². The molecule has 0 unspecified atom stereocenters. The number of hydrogen-bond acceptors (Lipinski definition) is 4. The van der Waals surface area contributed by atoms with Crippen molar-refractivity contribution >= 4 is 33.6 Å². The molecule has 3 heterocycles. The predicted molar refractivity (Wildman–Crippen MR) is 101 cm³/mol. The number of pyridine rings is 2. The molecule has 0 N–H and O–H groups in total. The van der Waals surface area contributed by atoms with E-state index in [0.717, 1.165) is 53.8 Å². The van der Waals surface area contributed by atoms with Gasteiger partial charge in [-0.3, -0.25) is 4.79 Å². The van der Waals surface area contributed by atoms with Gasteiger partial charge in [0.25, 0.3) is 0 Å². The third-order valence-corrected chi connectivity index (χ3v) is 5.18. The number of carbonyl (C=O) groups excluding carboxylic acids is 1. The van der Waals surface area contributed by atoms with Gasteiger partial charge in [-0.1, -0.05) is 6.07 Å². The SMILES string of the molecule is O=C(Cl)C1CCN(c2ccc3cc(-c4ccnc(F)c4)ccc3n2)CC1. The minimum absolute atomic E-state index is 0.0447. The predicted octanol–water partition coefficient (Wildman–Crippen LogP) is 4.42. The van der Waals surface area contributed by atoms with Gasteiger partial charge < -0.3 is 4.90 Å². The van der Waals surface area contributed by atoms with E-state index in [1.807, 2.05) is 30.3 Å². The summed E-state index contributed by atoms with van der Waals surface area (Å²) in [7, 11) is 0. The first-order valence-corrected chi connectivity index (χ1v) is 8.95. The van der Waals surface area contributed by atoms with E-state index in [1.165, 1.54) is 12.3 Å². The number of rotatable bonds is 3. The quantitative estimate of drug-likeness (QED) is 0.506. The topological polar surface area (TPSA) is 46.1 Å². The monoisotopic (exact) mass is 369 g/mol. The van der Waals surface area contributed by atoms with Crippen molar-refractivity contribution in [3.63, 3.8) is 0 Å². The third kappa shape index (κ3) is 3.40. The van der Waals surface area contributed by atoms with E-state index >= 15 is 0 Å². The van der Waals surface area contributed by atoms with E-state index in [9.17, 15) is 9.18 Å². The highest BCUT2D eigenvalue weighted by Crippen LogP contribution is 2.28. The normalized spacial score (nSPS) is 15.4. The molecular formula is C20H17ClFN3O. The van der Waals surface area contributed by atoms with Gasteiger partial charge in [0.15, 0.2) is 0 Å². The van der Waals surface area contributed by atoms with Crippen LogP contribution in [0.2, 0.25) is 0 Å². The van der Waals surface area contributed by atoms with E-state index in [4.69, 9.17) is 16.6 Å². The van der Waals surface area contributed by atoms with Crippen LogP contribution in [-0.2, 0) is 4.79 Å². The maximum atomic E-state index is 13.3. The lowest BCUT2D eigenvalue weighted by atomic mass is 9.98. The van der Waals surface area contributed by atoms with Crippen LogP contribution in [0.5, 0.6) is 0 Å². The maximum absolute atomic E-state index is 13.3. The van der Waals surface area contributed by atoms with Gasteiger partial charge in [-0.2, -0.15) is 4.39 Å². The molecule has 0 atom stereocenters. The molecule has 0 bridgehead atoms. The van der Waals surface area contributed by atoms with Crippen molar-refractivity contribution in [2.75, 3.05) is 18.0 Å². The molecule has 2 aromatic heterocycles. The average molecular weight is 370 g/mol. The molecule has 1 aliphatic rings. The summed E-state index contributed by atoms with van der Waals surface area (Å²) >= 11 is 5.60.